The smallest absolute Gasteiger partial charge is 0.243 e. The van der Waals surface area contributed by atoms with E-state index in [1.54, 1.807) is 23.5 Å². The molecule has 1 aliphatic rings. The molecular weight excluding hydrogens is 396 g/mol. The van der Waals surface area contributed by atoms with Crippen LogP contribution in [0.2, 0.25) is 0 Å². The monoisotopic (exact) mass is 428 g/mol. The lowest BCUT2D eigenvalue weighted by atomic mass is 10.1. The van der Waals surface area contributed by atoms with Crippen LogP contribution in [0.5, 0.6) is 0 Å². The van der Waals surface area contributed by atoms with Gasteiger partial charge in [0.25, 0.3) is 0 Å². The van der Waals surface area contributed by atoms with Crippen LogP contribution in [0.3, 0.4) is 0 Å². The Labute approximate surface area is 180 Å². The summed E-state index contributed by atoms with van der Waals surface area (Å²) in [5.74, 6) is 0.730. The molecule has 1 fully saturated rings. The van der Waals surface area contributed by atoms with E-state index in [1.165, 1.54) is 16.7 Å². The second-order valence-corrected chi connectivity index (χ2v) is 9.79. The van der Waals surface area contributed by atoms with Crippen LogP contribution in [-0.4, -0.2) is 45.4 Å². The lowest BCUT2D eigenvalue weighted by Gasteiger charge is -2.16. The van der Waals surface area contributed by atoms with Crippen molar-refractivity contribution in [3.05, 3.63) is 64.7 Å². The molecule has 1 heterocycles. The quantitative estimate of drug-likeness (QED) is 0.525. The minimum absolute atomic E-state index is 0.365. The number of aliphatic imine (C=N–C) groups is 1. The predicted molar refractivity (Wildman–Crippen MR) is 122 cm³/mol. The summed E-state index contributed by atoms with van der Waals surface area (Å²) in [7, 11) is -1.61. The summed E-state index contributed by atoms with van der Waals surface area (Å²) in [4.78, 5) is 4.64. The Morgan fingerprint density at radius 2 is 1.60 bits per heavy atom. The summed E-state index contributed by atoms with van der Waals surface area (Å²) < 4.78 is 26.8. The molecule has 2 N–H and O–H groups in total. The molecular formula is C23H32N4O2S. The predicted octanol–water partition coefficient (Wildman–Crippen LogP) is 3.00. The first-order valence-corrected chi connectivity index (χ1v) is 11.9. The van der Waals surface area contributed by atoms with E-state index in [0.29, 0.717) is 24.5 Å². The number of nitrogens with zero attached hydrogens (tertiary/aromatic N) is 2. The van der Waals surface area contributed by atoms with Gasteiger partial charge in [0.15, 0.2) is 5.96 Å². The summed E-state index contributed by atoms with van der Waals surface area (Å²) in [6.45, 7) is 6.84. The van der Waals surface area contributed by atoms with Gasteiger partial charge in [-0.15, -0.1) is 0 Å². The number of nitrogens with one attached hydrogen (secondary N) is 2. The molecule has 0 spiro atoms. The fourth-order valence-corrected chi connectivity index (χ4v) is 5.32. The number of hydrogen-bond acceptors (Lipinski definition) is 3. The number of sulfonamides is 1. The molecule has 0 radical (unpaired) electrons. The Balaban J connectivity index is 1.50. The zero-order valence-corrected chi connectivity index (χ0v) is 18.9. The fraction of sp³-hybridized carbons (Fsp3) is 0.435. The van der Waals surface area contributed by atoms with E-state index in [4.69, 9.17) is 0 Å². The van der Waals surface area contributed by atoms with Crippen LogP contribution in [0.4, 0.5) is 0 Å². The van der Waals surface area contributed by atoms with Gasteiger partial charge < -0.3 is 10.6 Å². The molecule has 0 aromatic heterocycles. The van der Waals surface area contributed by atoms with Gasteiger partial charge >= 0.3 is 0 Å². The maximum atomic E-state index is 12.6. The average Bonchev–Trinajstić information content (AvgIpc) is 3.26. The van der Waals surface area contributed by atoms with Crippen molar-refractivity contribution < 1.29 is 8.42 Å². The Morgan fingerprint density at radius 1 is 0.967 bits per heavy atom. The number of guanidine groups is 1. The van der Waals surface area contributed by atoms with E-state index in [9.17, 15) is 8.42 Å². The second-order valence-electron chi connectivity index (χ2n) is 7.85. The highest BCUT2D eigenvalue weighted by atomic mass is 32.2. The van der Waals surface area contributed by atoms with Crippen molar-refractivity contribution in [2.45, 2.75) is 44.6 Å². The molecule has 6 nitrogen and oxygen atoms in total. The number of benzene rings is 2. The SMILES string of the molecule is CN=C(NCCc1cc(C)cc(C)c1)NCc1ccc(S(=O)(=O)N2CCCC2)cc1. The Kier molecular flexibility index (Phi) is 7.50. The summed E-state index contributed by atoms with van der Waals surface area (Å²) in [6, 6.07) is 13.7. The largest absolute Gasteiger partial charge is 0.356 e. The van der Waals surface area contributed by atoms with Gasteiger partial charge in [-0.25, -0.2) is 8.42 Å². The first-order valence-electron chi connectivity index (χ1n) is 10.5. The van der Waals surface area contributed by atoms with Crippen molar-refractivity contribution >= 4 is 16.0 Å². The Morgan fingerprint density at radius 3 is 2.20 bits per heavy atom. The minimum atomic E-state index is -3.36. The van der Waals surface area contributed by atoms with Gasteiger partial charge in [0, 0.05) is 33.2 Å². The van der Waals surface area contributed by atoms with Crippen molar-refractivity contribution in [2.75, 3.05) is 26.7 Å². The number of rotatable bonds is 7. The van der Waals surface area contributed by atoms with Gasteiger partial charge in [0.05, 0.1) is 4.90 Å². The zero-order valence-electron chi connectivity index (χ0n) is 18.1. The molecule has 0 bridgehead atoms. The van der Waals surface area contributed by atoms with Gasteiger partial charge in [0.2, 0.25) is 10.0 Å². The molecule has 1 saturated heterocycles. The van der Waals surface area contributed by atoms with Crippen LogP contribution in [-0.2, 0) is 23.0 Å². The molecule has 30 heavy (non-hydrogen) atoms. The molecule has 3 rings (SSSR count). The van der Waals surface area contributed by atoms with Gasteiger partial charge in [0.1, 0.15) is 0 Å². The third kappa shape index (κ3) is 5.83. The third-order valence-electron chi connectivity index (χ3n) is 5.30. The highest BCUT2D eigenvalue weighted by Crippen LogP contribution is 2.21. The fourth-order valence-electron chi connectivity index (χ4n) is 3.80. The molecule has 2 aromatic rings. The lowest BCUT2D eigenvalue weighted by molar-refractivity contribution is 0.477. The van der Waals surface area contributed by atoms with Crippen molar-refractivity contribution in [3.63, 3.8) is 0 Å². The van der Waals surface area contributed by atoms with Crippen LogP contribution in [0.1, 0.15) is 35.1 Å². The topological polar surface area (TPSA) is 73.8 Å². The first kappa shape index (κ1) is 22.3. The second kappa shape index (κ2) is 10.1. The number of hydrogen-bond donors (Lipinski definition) is 2. The van der Waals surface area contributed by atoms with Gasteiger partial charge in [-0.1, -0.05) is 41.5 Å². The van der Waals surface area contributed by atoms with E-state index < -0.39 is 10.0 Å². The van der Waals surface area contributed by atoms with Gasteiger partial charge in [-0.05, 0) is 56.4 Å². The van der Waals surface area contributed by atoms with Gasteiger partial charge in [-0.2, -0.15) is 4.31 Å². The van der Waals surface area contributed by atoms with E-state index in [-0.39, 0.29) is 0 Å². The highest BCUT2D eigenvalue weighted by molar-refractivity contribution is 7.89. The van der Waals surface area contributed by atoms with Crippen molar-refractivity contribution in [3.8, 4) is 0 Å². The molecule has 162 valence electrons. The normalized spacial score (nSPS) is 15.4. The minimum Gasteiger partial charge on any atom is -0.356 e. The van der Waals surface area contributed by atoms with Crippen LogP contribution >= 0.6 is 0 Å². The molecule has 7 heteroatoms. The average molecular weight is 429 g/mol. The third-order valence-corrected chi connectivity index (χ3v) is 7.21. The van der Waals surface area contributed by atoms with Crippen LogP contribution in [0.15, 0.2) is 52.4 Å². The maximum Gasteiger partial charge on any atom is 0.243 e. The van der Waals surface area contributed by atoms with Crippen molar-refractivity contribution in [1.29, 1.82) is 0 Å². The van der Waals surface area contributed by atoms with E-state index in [1.807, 2.05) is 12.1 Å². The van der Waals surface area contributed by atoms with Crippen molar-refractivity contribution in [1.82, 2.24) is 14.9 Å². The molecule has 0 aliphatic carbocycles. The highest BCUT2D eigenvalue weighted by Gasteiger charge is 2.26. The summed E-state index contributed by atoms with van der Waals surface area (Å²) in [5, 5.41) is 6.62. The lowest BCUT2D eigenvalue weighted by Crippen LogP contribution is -2.37. The Bertz CT molecular complexity index is 959. The molecule has 0 saturated carbocycles. The van der Waals surface area contributed by atoms with Crippen LogP contribution in [0.25, 0.3) is 0 Å². The molecule has 0 atom stereocenters. The maximum absolute atomic E-state index is 12.6. The molecule has 1 aliphatic heterocycles. The van der Waals surface area contributed by atoms with Crippen LogP contribution in [0, 0.1) is 13.8 Å². The Hall–Kier alpha value is -2.38. The van der Waals surface area contributed by atoms with E-state index >= 15 is 0 Å². The summed E-state index contributed by atoms with van der Waals surface area (Å²) in [6.07, 6.45) is 2.81. The molecule has 2 aromatic carbocycles. The summed E-state index contributed by atoms with van der Waals surface area (Å²) >= 11 is 0. The summed E-state index contributed by atoms with van der Waals surface area (Å²) in [5.41, 5.74) is 4.88. The standard InChI is InChI=1S/C23H32N4O2S/c1-18-14-19(2)16-21(15-18)10-11-25-23(24-3)26-17-20-6-8-22(9-7-20)30(28,29)27-12-4-5-13-27/h6-9,14-16H,4-5,10-13,17H2,1-3H3,(H2,24,25,26). The molecule has 0 amide bonds. The zero-order chi connectivity index (χ0) is 21.6. The van der Waals surface area contributed by atoms with Gasteiger partial charge in [-0.3, -0.25) is 4.99 Å². The van der Waals surface area contributed by atoms with Crippen LogP contribution < -0.4 is 10.6 Å². The molecule has 0 unspecified atom stereocenters. The van der Waals surface area contributed by atoms with E-state index in [2.05, 4.69) is 47.7 Å². The van der Waals surface area contributed by atoms with Crippen molar-refractivity contribution in [2.24, 2.45) is 4.99 Å². The van der Waals surface area contributed by atoms with E-state index in [0.717, 1.165) is 37.3 Å². The first-order chi connectivity index (χ1) is 14.4. The number of aryl methyl sites for hydroxylation is 2.